The molecule has 0 heterocycles. The first kappa shape index (κ1) is 16.5. The zero-order chi connectivity index (χ0) is 14.6. The van der Waals surface area contributed by atoms with E-state index in [1.54, 1.807) is 19.1 Å². The van der Waals surface area contributed by atoms with E-state index in [1.165, 1.54) is 6.07 Å². The molecule has 1 aromatic rings. The van der Waals surface area contributed by atoms with E-state index in [0.717, 1.165) is 4.90 Å². The molecule has 0 spiro atoms. The molecule has 0 saturated carbocycles. The first-order valence-electron chi connectivity index (χ1n) is 5.55. The second-order valence-corrected chi connectivity index (χ2v) is 5.74. The van der Waals surface area contributed by atoms with Crippen molar-refractivity contribution in [1.82, 2.24) is 4.90 Å². The molecule has 0 radical (unpaired) electrons. The van der Waals surface area contributed by atoms with Crippen LogP contribution in [0.25, 0.3) is 0 Å². The van der Waals surface area contributed by atoms with E-state index in [-0.39, 0.29) is 12.1 Å². The van der Waals surface area contributed by atoms with Crippen molar-refractivity contribution in [3.8, 4) is 0 Å². The molecular weight excluding hydrogens is 391 g/mol. The maximum Gasteiger partial charge on any atom is 0.406 e. The monoisotopic (exact) mass is 401 g/mol. The van der Waals surface area contributed by atoms with Crippen molar-refractivity contribution in [2.45, 2.75) is 19.5 Å². The number of hydrogen-bond acceptors (Lipinski definition) is 1. The smallest absolute Gasteiger partial charge is 0.330 e. The zero-order valence-electron chi connectivity index (χ0n) is 10.1. The largest absolute Gasteiger partial charge is 0.406 e. The van der Waals surface area contributed by atoms with Crippen LogP contribution in [0.15, 0.2) is 27.1 Å². The highest BCUT2D eigenvalue weighted by Gasteiger charge is 2.33. The summed E-state index contributed by atoms with van der Waals surface area (Å²) in [5.74, 6) is -0.632. The SMILES string of the molecule is CCCN(CC(F)(F)F)C(=O)c1cc(Br)ccc1Br. The van der Waals surface area contributed by atoms with Crippen molar-refractivity contribution in [2.24, 2.45) is 0 Å². The fourth-order valence-corrected chi connectivity index (χ4v) is 2.35. The van der Waals surface area contributed by atoms with Crippen LogP contribution in [0.2, 0.25) is 0 Å². The predicted octanol–water partition coefficient (Wildman–Crippen LogP) is 4.63. The summed E-state index contributed by atoms with van der Waals surface area (Å²) < 4.78 is 38.5. The lowest BCUT2D eigenvalue weighted by atomic mass is 10.2. The van der Waals surface area contributed by atoms with Crippen LogP contribution in [0, 0.1) is 0 Å². The molecular formula is C12H12Br2F3NO. The van der Waals surface area contributed by atoms with Crippen LogP contribution < -0.4 is 0 Å². The Balaban J connectivity index is 3.02. The summed E-state index contributed by atoms with van der Waals surface area (Å²) in [4.78, 5) is 13.0. The Hall–Kier alpha value is -0.560. The first-order valence-corrected chi connectivity index (χ1v) is 7.14. The summed E-state index contributed by atoms with van der Waals surface area (Å²) in [6, 6.07) is 4.83. The second kappa shape index (κ2) is 6.74. The highest BCUT2D eigenvalue weighted by atomic mass is 79.9. The first-order chi connectivity index (χ1) is 8.74. The van der Waals surface area contributed by atoms with Gasteiger partial charge >= 0.3 is 6.18 Å². The standard InChI is InChI=1S/C12H12Br2F3NO/c1-2-5-18(7-12(15,16)17)11(19)9-6-8(13)3-4-10(9)14/h3-4,6H,2,5,7H2,1H3. The Kier molecular flexibility index (Phi) is 5.85. The molecule has 0 fully saturated rings. The van der Waals surface area contributed by atoms with Gasteiger partial charge in [0.15, 0.2) is 0 Å². The van der Waals surface area contributed by atoms with Crippen LogP contribution in [0.4, 0.5) is 13.2 Å². The van der Waals surface area contributed by atoms with Crippen LogP contribution in [0.5, 0.6) is 0 Å². The van der Waals surface area contributed by atoms with Gasteiger partial charge in [-0.05, 0) is 40.5 Å². The molecule has 0 aliphatic heterocycles. The van der Waals surface area contributed by atoms with Gasteiger partial charge in [-0.1, -0.05) is 22.9 Å². The minimum absolute atomic E-state index is 0.0668. The van der Waals surface area contributed by atoms with E-state index in [2.05, 4.69) is 31.9 Å². The van der Waals surface area contributed by atoms with Gasteiger partial charge in [0, 0.05) is 15.5 Å². The highest BCUT2D eigenvalue weighted by Crippen LogP contribution is 2.25. The summed E-state index contributed by atoms with van der Waals surface area (Å²) in [5, 5.41) is 0. The molecule has 0 saturated heterocycles. The van der Waals surface area contributed by atoms with Crippen LogP contribution >= 0.6 is 31.9 Å². The van der Waals surface area contributed by atoms with Gasteiger partial charge in [0.05, 0.1) is 5.56 Å². The number of carbonyl (C=O) groups is 1. The third-order valence-electron chi connectivity index (χ3n) is 2.31. The van der Waals surface area contributed by atoms with E-state index in [0.29, 0.717) is 15.4 Å². The average Bonchev–Trinajstić information content (AvgIpc) is 2.29. The zero-order valence-corrected chi connectivity index (χ0v) is 13.3. The van der Waals surface area contributed by atoms with Gasteiger partial charge in [0.25, 0.3) is 5.91 Å². The molecule has 7 heteroatoms. The highest BCUT2D eigenvalue weighted by molar-refractivity contribution is 9.11. The number of carbonyl (C=O) groups excluding carboxylic acids is 1. The van der Waals surface area contributed by atoms with Crippen LogP contribution in [0.3, 0.4) is 0 Å². The van der Waals surface area contributed by atoms with Crippen molar-refractivity contribution in [1.29, 1.82) is 0 Å². The van der Waals surface area contributed by atoms with Crippen molar-refractivity contribution < 1.29 is 18.0 Å². The molecule has 1 aromatic carbocycles. The van der Waals surface area contributed by atoms with Gasteiger partial charge in [0.1, 0.15) is 6.54 Å². The van der Waals surface area contributed by atoms with E-state index < -0.39 is 18.6 Å². The molecule has 0 aliphatic rings. The van der Waals surface area contributed by atoms with Crippen molar-refractivity contribution in [2.75, 3.05) is 13.1 Å². The third kappa shape index (κ3) is 5.14. The normalized spacial score (nSPS) is 11.5. The van der Waals surface area contributed by atoms with Crippen LogP contribution in [0.1, 0.15) is 23.7 Å². The minimum atomic E-state index is -4.40. The topological polar surface area (TPSA) is 20.3 Å². The summed E-state index contributed by atoms with van der Waals surface area (Å²) >= 11 is 6.38. The number of alkyl halides is 3. The second-order valence-electron chi connectivity index (χ2n) is 3.97. The molecule has 2 nitrogen and oxygen atoms in total. The van der Waals surface area contributed by atoms with E-state index >= 15 is 0 Å². The van der Waals surface area contributed by atoms with Gasteiger partial charge in [-0.25, -0.2) is 0 Å². The Morgan fingerprint density at radius 3 is 2.47 bits per heavy atom. The Labute approximate surface area is 126 Å². The number of amides is 1. The lowest BCUT2D eigenvalue weighted by molar-refractivity contribution is -0.140. The molecule has 0 atom stereocenters. The molecule has 1 amide bonds. The Bertz CT molecular complexity index is 463. The van der Waals surface area contributed by atoms with Crippen molar-refractivity contribution in [3.05, 3.63) is 32.7 Å². The van der Waals surface area contributed by atoms with Gasteiger partial charge in [-0.15, -0.1) is 0 Å². The maximum absolute atomic E-state index is 12.5. The van der Waals surface area contributed by atoms with Crippen molar-refractivity contribution in [3.63, 3.8) is 0 Å². The summed E-state index contributed by atoms with van der Waals surface area (Å²) in [6.07, 6.45) is -3.93. The van der Waals surface area contributed by atoms with E-state index in [1.807, 2.05) is 0 Å². The fourth-order valence-electron chi connectivity index (χ4n) is 1.57. The van der Waals surface area contributed by atoms with Gasteiger partial charge in [-0.3, -0.25) is 4.79 Å². The number of rotatable bonds is 4. The average molecular weight is 403 g/mol. The molecule has 0 aliphatic carbocycles. The minimum Gasteiger partial charge on any atom is -0.330 e. The summed E-state index contributed by atoms with van der Waals surface area (Å²) in [7, 11) is 0. The number of nitrogens with zero attached hydrogens (tertiary/aromatic N) is 1. The lowest BCUT2D eigenvalue weighted by Gasteiger charge is -2.24. The number of benzene rings is 1. The van der Waals surface area contributed by atoms with Crippen LogP contribution in [-0.2, 0) is 0 Å². The van der Waals surface area contributed by atoms with Gasteiger partial charge < -0.3 is 4.90 Å². The molecule has 0 bridgehead atoms. The maximum atomic E-state index is 12.5. The Morgan fingerprint density at radius 2 is 1.95 bits per heavy atom. The molecule has 106 valence electrons. The molecule has 0 aromatic heterocycles. The fraction of sp³-hybridized carbons (Fsp3) is 0.417. The molecule has 0 N–H and O–H groups in total. The summed E-state index contributed by atoms with van der Waals surface area (Å²) in [6.45, 7) is 0.558. The van der Waals surface area contributed by atoms with E-state index in [4.69, 9.17) is 0 Å². The Morgan fingerprint density at radius 1 is 1.32 bits per heavy atom. The van der Waals surface area contributed by atoms with Gasteiger partial charge in [0.2, 0.25) is 0 Å². The quantitative estimate of drug-likeness (QED) is 0.719. The summed E-state index contributed by atoms with van der Waals surface area (Å²) in [5.41, 5.74) is 0.215. The predicted molar refractivity (Wildman–Crippen MR) is 74.1 cm³/mol. The lowest BCUT2D eigenvalue weighted by Crippen LogP contribution is -2.39. The van der Waals surface area contributed by atoms with Gasteiger partial charge in [-0.2, -0.15) is 13.2 Å². The number of hydrogen-bond donors (Lipinski definition) is 0. The van der Waals surface area contributed by atoms with Crippen LogP contribution in [-0.4, -0.2) is 30.1 Å². The van der Waals surface area contributed by atoms with Crippen molar-refractivity contribution >= 4 is 37.8 Å². The van der Waals surface area contributed by atoms with E-state index in [9.17, 15) is 18.0 Å². The molecule has 1 rings (SSSR count). The third-order valence-corrected chi connectivity index (χ3v) is 3.49. The number of halogens is 5. The molecule has 19 heavy (non-hydrogen) atoms. The molecule has 0 unspecified atom stereocenters.